The largest absolute Gasteiger partial charge is 0.493 e. The third-order valence-corrected chi connectivity index (χ3v) is 2.38. The van der Waals surface area contributed by atoms with Gasteiger partial charge in [-0.15, -0.1) is 0 Å². The number of carboxylic acid groups (broad SMARTS) is 1. The molecule has 0 fully saturated rings. The first-order chi connectivity index (χ1) is 8.72. The van der Waals surface area contributed by atoms with Crippen molar-refractivity contribution in [2.24, 2.45) is 0 Å². The van der Waals surface area contributed by atoms with Crippen molar-refractivity contribution in [1.82, 2.24) is 10.2 Å². The van der Waals surface area contributed by atoms with Gasteiger partial charge in [-0.25, -0.2) is 4.79 Å². The van der Waals surface area contributed by atoms with Crippen molar-refractivity contribution in [1.29, 1.82) is 0 Å². The van der Waals surface area contributed by atoms with Gasteiger partial charge in [0.1, 0.15) is 12.3 Å². The second kappa shape index (κ2) is 5.22. The molecular formula is C12H12N2O4. The summed E-state index contributed by atoms with van der Waals surface area (Å²) in [6, 6.07) is 7.15. The van der Waals surface area contributed by atoms with E-state index in [1.54, 1.807) is 19.2 Å². The Morgan fingerprint density at radius 2 is 2.11 bits per heavy atom. The molecule has 18 heavy (non-hydrogen) atoms. The zero-order valence-corrected chi connectivity index (χ0v) is 9.71. The highest BCUT2D eigenvalue weighted by Gasteiger charge is 2.13. The molecule has 0 radical (unpaired) electrons. The maximum absolute atomic E-state index is 10.9. The van der Waals surface area contributed by atoms with Gasteiger partial charge in [0.05, 0.1) is 13.3 Å². The minimum absolute atomic E-state index is 0.0323. The Hall–Kier alpha value is -2.50. The number of nitrogens with one attached hydrogen (secondary N) is 1. The van der Waals surface area contributed by atoms with E-state index in [2.05, 4.69) is 10.2 Å². The number of hydrogen-bond donors (Lipinski definition) is 2. The van der Waals surface area contributed by atoms with E-state index >= 15 is 0 Å². The van der Waals surface area contributed by atoms with Crippen molar-refractivity contribution in [2.45, 2.75) is 6.61 Å². The predicted octanol–water partition coefficient (Wildman–Crippen LogP) is 1.70. The minimum atomic E-state index is -1.06. The number of para-hydroxylation sites is 2. The van der Waals surface area contributed by atoms with Crippen molar-refractivity contribution in [3.8, 4) is 11.5 Å². The second-order valence-corrected chi connectivity index (χ2v) is 3.51. The van der Waals surface area contributed by atoms with Crippen molar-refractivity contribution < 1.29 is 19.4 Å². The number of nitrogens with zero attached hydrogens (tertiary/aromatic N) is 1. The number of aromatic amines is 1. The molecule has 0 saturated carbocycles. The summed E-state index contributed by atoms with van der Waals surface area (Å²) in [5, 5.41) is 15.0. The van der Waals surface area contributed by atoms with Crippen LogP contribution in [0.25, 0.3) is 0 Å². The third kappa shape index (κ3) is 2.42. The molecule has 1 aromatic carbocycles. The van der Waals surface area contributed by atoms with E-state index in [0.29, 0.717) is 17.1 Å². The highest BCUT2D eigenvalue weighted by Crippen LogP contribution is 2.26. The molecule has 0 spiro atoms. The summed E-state index contributed by atoms with van der Waals surface area (Å²) in [5.41, 5.74) is 0.512. The van der Waals surface area contributed by atoms with Crippen LogP contribution in [0.5, 0.6) is 11.5 Å². The van der Waals surface area contributed by atoms with Gasteiger partial charge in [0, 0.05) is 5.56 Å². The average molecular weight is 248 g/mol. The molecule has 2 rings (SSSR count). The number of aromatic nitrogens is 2. The molecule has 2 aromatic rings. The quantitative estimate of drug-likeness (QED) is 0.841. The van der Waals surface area contributed by atoms with E-state index in [0.717, 1.165) is 0 Å². The topological polar surface area (TPSA) is 84.4 Å². The molecule has 0 aliphatic rings. The lowest BCUT2D eigenvalue weighted by atomic mass is 10.2. The Morgan fingerprint density at radius 1 is 1.39 bits per heavy atom. The molecular weight excluding hydrogens is 236 g/mol. The predicted molar refractivity (Wildman–Crippen MR) is 62.9 cm³/mol. The number of carboxylic acids is 1. The SMILES string of the molecule is COc1ccccc1OCc1cn[nH]c1C(=O)O. The molecule has 1 aromatic heterocycles. The highest BCUT2D eigenvalue weighted by molar-refractivity contribution is 5.86. The Kier molecular flexibility index (Phi) is 3.47. The molecule has 0 aliphatic heterocycles. The van der Waals surface area contributed by atoms with Gasteiger partial charge in [0.15, 0.2) is 11.5 Å². The summed E-state index contributed by atoms with van der Waals surface area (Å²) in [6.45, 7) is 0.110. The number of aromatic carboxylic acids is 1. The fourth-order valence-corrected chi connectivity index (χ4v) is 1.50. The van der Waals surface area contributed by atoms with Gasteiger partial charge in [-0.2, -0.15) is 5.10 Å². The average Bonchev–Trinajstić information content (AvgIpc) is 2.85. The molecule has 0 unspecified atom stereocenters. The lowest BCUT2D eigenvalue weighted by Crippen LogP contribution is -2.04. The van der Waals surface area contributed by atoms with E-state index in [9.17, 15) is 4.79 Å². The van der Waals surface area contributed by atoms with Crippen LogP contribution in [0, 0.1) is 0 Å². The number of hydrogen-bond acceptors (Lipinski definition) is 4. The van der Waals surface area contributed by atoms with Crippen LogP contribution >= 0.6 is 0 Å². The van der Waals surface area contributed by atoms with Crippen LogP contribution in [-0.2, 0) is 6.61 Å². The van der Waals surface area contributed by atoms with Crippen LogP contribution < -0.4 is 9.47 Å². The molecule has 6 heteroatoms. The summed E-state index contributed by atoms with van der Waals surface area (Å²) in [5.74, 6) is 0.0848. The molecule has 94 valence electrons. The van der Waals surface area contributed by atoms with Gasteiger partial charge >= 0.3 is 5.97 Å². The van der Waals surface area contributed by atoms with Gasteiger partial charge < -0.3 is 14.6 Å². The molecule has 0 aliphatic carbocycles. The van der Waals surface area contributed by atoms with Gasteiger partial charge in [-0.3, -0.25) is 5.10 Å². The number of H-pyrrole nitrogens is 1. The summed E-state index contributed by atoms with van der Waals surface area (Å²) in [6.07, 6.45) is 1.43. The smallest absolute Gasteiger partial charge is 0.354 e. The first kappa shape index (κ1) is 12.0. The zero-order valence-electron chi connectivity index (χ0n) is 9.71. The molecule has 0 saturated heterocycles. The second-order valence-electron chi connectivity index (χ2n) is 3.51. The molecule has 2 N–H and O–H groups in total. The van der Waals surface area contributed by atoms with E-state index in [1.807, 2.05) is 12.1 Å². The number of methoxy groups -OCH3 is 1. The van der Waals surface area contributed by atoms with E-state index in [-0.39, 0.29) is 12.3 Å². The highest BCUT2D eigenvalue weighted by atomic mass is 16.5. The van der Waals surface area contributed by atoms with Crippen LogP contribution in [0.3, 0.4) is 0 Å². The number of rotatable bonds is 5. The van der Waals surface area contributed by atoms with Crippen molar-refractivity contribution in [2.75, 3.05) is 7.11 Å². The van der Waals surface area contributed by atoms with Gasteiger partial charge in [0.2, 0.25) is 0 Å². The summed E-state index contributed by atoms with van der Waals surface area (Å²) >= 11 is 0. The molecule has 0 atom stereocenters. The van der Waals surface area contributed by atoms with Crippen molar-refractivity contribution in [3.63, 3.8) is 0 Å². The molecule has 1 heterocycles. The Bertz CT molecular complexity index is 551. The molecule has 0 bridgehead atoms. The Balaban J connectivity index is 2.11. The monoisotopic (exact) mass is 248 g/mol. The molecule has 0 amide bonds. The third-order valence-electron chi connectivity index (χ3n) is 2.38. The standard InChI is InChI=1S/C12H12N2O4/c1-17-9-4-2-3-5-10(9)18-7-8-6-13-14-11(8)12(15)16/h2-6H,7H2,1H3,(H,13,14)(H,15,16). The summed E-state index contributed by atoms with van der Waals surface area (Å²) in [7, 11) is 1.54. The van der Waals surface area contributed by atoms with Crippen molar-refractivity contribution >= 4 is 5.97 Å². The fraction of sp³-hybridized carbons (Fsp3) is 0.167. The number of carbonyl (C=O) groups is 1. The first-order valence-electron chi connectivity index (χ1n) is 5.23. The van der Waals surface area contributed by atoms with Crippen LogP contribution in [0.15, 0.2) is 30.5 Å². The first-order valence-corrected chi connectivity index (χ1v) is 5.23. The minimum Gasteiger partial charge on any atom is -0.493 e. The lowest BCUT2D eigenvalue weighted by Gasteiger charge is -2.09. The van der Waals surface area contributed by atoms with Crippen molar-refractivity contribution in [3.05, 3.63) is 41.7 Å². The van der Waals surface area contributed by atoms with Crippen LogP contribution in [0.2, 0.25) is 0 Å². The Labute approximate surface area is 103 Å². The summed E-state index contributed by atoms with van der Waals surface area (Å²) < 4.78 is 10.6. The van der Waals surface area contributed by atoms with E-state index in [4.69, 9.17) is 14.6 Å². The number of benzene rings is 1. The Morgan fingerprint density at radius 3 is 2.78 bits per heavy atom. The van der Waals surface area contributed by atoms with Crippen LogP contribution in [0.4, 0.5) is 0 Å². The van der Waals surface area contributed by atoms with Gasteiger partial charge in [0.25, 0.3) is 0 Å². The summed E-state index contributed by atoms with van der Waals surface area (Å²) in [4.78, 5) is 10.9. The van der Waals surface area contributed by atoms with E-state index in [1.165, 1.54) is 6.20 Å². The van der Waals surface area contributed by atoms with E-state index < -0.39 is 5.97 Å². The fourth-order valence-electron chi connectivity index (χ4n) is 1.50. The molecule has 6 nitrogen and oxygen atoms in total. The maximum atomic E-state index is 10.9. The van der Waals surface area contributed by atoms with Gasteiger partial charge in [-0.05, 0) is 12.1 Å². The van der Waals surface area contributed by atoms with Gasteiger partial charge in [-0.1, -0.05) is 12.1 Å². The zero-order chi connectivity index (χ0) is 13.0. The maximum Gasteiger partial charge on any atom is 0.354 e. The lowest BCUT2D eigenvalue weighted by molar-refractivity contribution is 0.0687. The van der Waals surface area contributed by atoms with Crippen LogP contribution in [0.1, 0.15) is 16.1 Å². The van der Waals surface area contributed by atoms with Crippen LogP contribution in [-0.4, -0.2) is 28.4 Å². The number of ether oxygens (including phenoxy) is 2. The normalized spacial score (nSPS) is 10.1.